The number of nitrogens with zero attached hydrogens (tertiary/aromatic N) is 1. The third-order valence-corrected chi connectivity index (χ3v) is 3.03. The summed E-state index contributed by atoms with van der Waals surface area (Å²) in [4.78, 5) is 15.7. The summed E-state index contributed by atoms with van der Waals surface area (Å²) in [6, 6.07) is 9.36. The predicted molar refractivity (Wildman–Crippen MR) is 73.4 cm³/mol. The highest BCUT2D eigenvalue weighted by atomic mass is 79.9. The molecule has 0 atom stereocenters. The zero-order valence-corrected chi connectivity index (χ0v) is 11.6. The van der Waals surface area contributed by atoms with E-state index in [1.807, 2.05) is 0 Å². The van der Waals surface area contributed by atoms with Gasteiger partial charge in [0.15, 0.2) is 16.1 Å². The number of ether oxygens (including phenoxy) is 1. The van der Waals surface area contributed by atoms with E-state index in [4.69, 9.17) is 9.15 Å². The summed E-state index contributed by atoms with van der Waals surface area (Å²) >= 11 is 3.15. The van der Waals surface area contributed by atoms with Crippen LogP contribution in [-0.4, -0.2) is 11.9 Å². The fourth-order valence-corrected chi connectivity index (χ4v) is 1.99. The topological polar surface area (TPSA) is 51.8 Å². The van der Waals surface area contributed by atoms with Gasteiger partial charge in [-0.25, -0.2) is 14.2 Å². The fraction of sp³-hybridized carbons (Fsp3) is 0. The predicted octanol–water partition coefficient (Wildman–Crippen LogP) is 3.53. The SMILES string of the molecule is O=C1OC(c2ccc(Br)o2)=NC1=Cc1ccccc1F. The summed E-state index contributed by atoms with van der Waals surface area (Å²) in [5.74, 6) is -0.696. The van der Waals surface area contributed by atoms with E-state index in [0.717, 1.165) is 0 Å². The van der Waals surface area contributed by atoms with Gasteiger partial charge < -0.3 is 9.15 Å². The molecule has 0 saturated heterocycles. The van der Waals surface area contributed by atoms with E-state index >= 15 is 0 Å². The maximum absolute atomic E-state index is 13.5. The van der Waals surface area contributed by atoms with Crippen LogP contribution in [0.15, 0.2) is 56.2 Å². The third kappa shape index (κ3) is 2.42. The van der Waals surface area contributed by atoms with Crippen LogP contribution in [0.4, 0.5) is 4.39 Å². The molecule has 0 fully saturated rings. The van der Waals surface area contributed by atoms with Crippen molar-refractivity contribution in [2.24, 2.45) is 4.99 Å². The van der Waals surface area contributed by atoms with Gasteiger partial charge in [-0.15, -0.1) is 0 Å². The van der Waals surface area contributed by atoms with Crippen molar-refractivity contribution in [1.29, 1.82) is 0 Å². The zero-order valence-electron chi connectivity index (χ0n) is 9.97. The first kappa shape index (κ1) is 12.8. The number of halogens is 2. The van der Waals surface area contributed by atoms with E-state index in [1.165, 1.54) is 12.1 Å². The number of cyclic esters (lactones) is 1. The minimum atomic E-state index is -0.643. The minimum absolute atomic E-state index is 0.0256. The molecule has 0 amide bonds. The number of carbonyl (C=O) groups excluding carboxylic acids is 1. The van der Waals surface area contributed by atoms with E-state index in [2.05, 4.69) is 20.9 Å². The highest BCUT2D eigenvalue weighted by molar-refractivity contribution is 9.10. The van der Waals surface area contributed by atoms with Crippen LogP contribution in [0, 0.1) is 5.82 Å². The Hall–Kier alpha value is -2.21. The van der Waals surface area contributed by atoms with E-state index < -0.39 is 11.8 Å². The van der Waals surface area contributed by atoms with Gasteiger partial charge in [0.2, 0.25) is 0 Å². The second-order valence-electron chi connectivity index (χ2n) is 3.96. The van der Waals surface area contributed by atoms with Crippen LogP contribution >= 0.6 is 15.9 Å². The smallest absolute Gasteiger partial charge is 0.363 e. The molecule has 4 nitrogen and oxygen atoms in total. The van der Waals surface area contributed by atoms with E-state index in [0.29, 0.717) is 10.4 Å². The molecule has 3 rings (SSSR count). The summed E-state index contributed by atoms with van der Waals surface area (Å²) in [5.41, 5.74) is 0.294. The Labute approximate surface area is 121 Å². The van der Waals surface area contributed by atoms with Gasteiger partial charge in [0.1, 0.15) is 5.82 Å². The molecule has 1 aromatic heterocycles. The lowest BCUT2D eigenvalue weighted by atomic mass is 10.2. The zero-order chi connectivity index (χ0) is 14.1. The molecule has 0 spiro atoms. The molecule has 1 aromatic carbocycles. The molecule has 6 heteroatoms. The molecule has 0 aliphatic carbocycles. The number of hydrogen-bond acceptors (Lipinski definition) is 4. The number of esters is 1. The first-order valence-corrected chi connectivity index (χ1v) is 6.45. The lowest BCUT2D eigenvalue weighted by Gasteiger charge is -1.95. The monoisotopic (exact) mass is 335 g/mol. The van der Waals surface area contributed by atoms with Gasteiger partial charge in [0.05, 0.1) is 0 Å². The summed E-state index contributed by atoms with van der Waals surface area (Å²) < 4.78 is 24.3. The highest BCUT2D eigenvalue weighted by Gasteiger charge is 2.26. The maximum Gasteiger partial charge on any atom is 0.363 e. The van der Waals surface area contributed by atoms with Crippen LogP contribution in [0.3, 0.4) is 0 Å². The summed E-state index contributed by atoms with van der Waals surface area (Å²) in [5, 5.41) is 0. The molecule has 0 saturated carbocycles. The van der Waals surface area contributed by atoms with E-state index in [9.17, 15) is 9.18 Å². The Kier molecular flexibility index (Phi) is 3.23. The van der Waals surface area contributed by atoms with Crippen LogP contribution in [0.5, 0.6) is 0 Å². The van der Waals surface area contributed by atoms with Gasteiger partial charge in [-0.05, 0) is 40.2 Å². The summed E-state index contributed by atoms with van der Waals surface area (Å²) in [7, 11) is 0. The van der Waals surface area contributed by atoms with E-state index in [1.54, 1.807) is 30.3 Å². The fourth-order valence-electron chi connectivity index (χ4n) is 1.68. The summed E-state index contributed by atoms with van der Waals surface area (Å²) in [6.07, 6.45) is 1.34. The Balaban J connectivity index is 1.97. The molecule has 2 aromatic rings. The molecule has 0 radical (unpaired) electrons. The van der Waals surface area contributed by atoms with Crippen molar-refractivity contribution >= 4 is 33.9 Å². The standard InChI is InChI=1S/C14H7BrFNO3/c15-12-6-5-11(19-12)13-17-10(14(18)20-13)7-8-3-1-2-4-9(8)16/h1-7H. The van der Waals surface area contributed by atoms with Crippen molar-refractivity contribution in [2.45, 2.75) is 0 Å². The number of carbonyl (C=O) groups is 1. The van der Waals surface area contributed by atoms with Crippen LogP contribution in [0.1, 0.15) is 11.3 Å². The van der Waals surface area contributed by atoms with Gasteiger partial charge in [0, 0.05) is 5.56 Å². The van der Waals surface area contributed by atoms with Crippen molar-refractivity contribution in [2.75, 3.05) is 0 Å². The largest absolute Gasteiger partial charge is 0.444 e. The van der Waals surface area contributed by atoms with E-state index in [-0.39, 0.29) is 17.2 Å². The average Bonchev–Trinajstić information content (AvgIpc) is 2.99. The van der Waals surface area contributed by atoms with Crippen LogP contribution in [-0.2, 0) is 9.53 Å². The number of hydrogen-bond donors (Lipinski definition) is 0. The molecule has 0 unspecified atom stereocenters. The molecule has 1 aliphatic rings. The van der Waals surface area contributed by atoms with Crippen LogP contribution < -0.4 is 0 Å². The number of rotatable bonds is 2. The summed E-state index contributed by atoms with van der Waals surface area (Å²) in [6.45, 7) is 0. The lowest BCUT2D eigenvalue weighted by molar-refractivity contribution is -0.130. The molecule has 1 aliphatic heterocycles. The first-order valence-electron chi connectivity index (χ1n) is 5.66. The molecular weight excluding hydrogens is 329 g/mol. The third-order valence-electron chi connectivity index (χ3n) is 2.60. The lowest BCUT2D eigenvalue weighted by Crippen LogP contribution is -2.04. The maximum atomic E-state index is 13.5. The Morgan fingerprint density at radius 2 is 2.00 bits per heavy atom. The molecular formula is C14H7BrFNO3. The van der Waals surface area contributed by atoms with Crippen molar-refractivity contribution in [1.82, 2.24) is 0 Å². The second kappa shape index (κ2) is 5.05. The molecule has 20 heavy (non-hydrogen) atoms. The van der Waals surface area contributed by atoms with Gasteiger partial charge in [-0.2, -0.15) is 0 Å². The molecule has 0 N–H and O–H groups in total. The molecule has 100 valence electrons. The molecule has 0 bridgehead atoms. The van der Waals surface area contributed by atoms with Crippen molar-refractivity contribution < 1.29 is 18.3 Å². The number of aliphatic imine (C=N–C) groups is 1. The van der Waals surface area contributed by atoms with Gasteiger partial charge in [-0.1, -0.05) is 18.2 Å². The quantitative estimate of drug-likeness (QED) is 0.623. The normalized spacial score (nSPS) is 16.4. The highest BCUT2D eigenvalue weighted by Crippen LogP contribution is 2.22. The average molecular weight is 336 g/mol. The van der Waals surface area contributed by atoms with Gasteiger partial charge in [-0.3, -0.25) is 0 Å². The Bertz CT molecular complexity index is 748. The van der Waals surface area contributed by atoms with Crippen molar-refractivity contribution in [3.63, 3.8) is 0 Å². The first-order chi connectivity index (χ1) is 9.63. The van der Waals surface area contributed by atoms with Gasteiger partial charge in [0.25, 0.3) is 5.90 Å². The second-order valence-corrected chi connectivity index (χ2v) is 4.74. The van der Waals surface area contributed by atoms with Crippen LogP contribution in [0.25, 0.3) is 6.08 Å². The van der Waals surface area contributed by atoms with Crippen LogP contribution in [0.2, 0.25) is 0 Å². The Morgan fingerprint density at radius 3 is 2.70 bits per heavy atom. The minimum Gasteiger partial charge on any atom is -0.444 e. The van der Waals surface area contributed by atoms with Crippen molar-refractivity contribution in [3.05, 3.63) is 63.9 Å². The van der Waals surface area contributed by atoms with Gasteiger partial charge >= 0.3 is 5.97 Å². The number of furan rings is 1. The Morgan fingerprint density at radius 1 is 1.20 bits per heavy atom. The number of benzene rings is 1. The molecule has 2 heterocycles. The van der Waals surface area contributed by atoms with Crippen molar-refractivity contribution in [3.8, 4) is 0 Å².